The first-order valence-corrected chi connectivity index (χ1v) is 6.15. The third kappa shape index (κ3) is 2.90. The summed E-state index contributed by atoms with van der Waals surface area (Å²) < 4.78 is 14.9. The lowest BCUT2D eigenvalue weighted by Crippen LogP contribution is -2.21. The number of benzene rings is 1. The van der Waals surface area contributed by atoms with Crippen molar-refractivity contribution < 1.29 is 14.3 Å². The molecule has 2 rings (SSSR count). The molecule has 0 amide bonds. The van der Waals surface area contributed by atoms with Crippen molar-refractivity contribution in [3.8, 4) is 0 Å². The van der Waals surface area contributed by atoms with Crippen LogP contribution in [0.1, 0.15) is 15.9 Å². The highest BCUT2D eigenvalue weighted by molar-refractivity contribution is 9.10. The smallest absolute Gasteiger partial charge is 0.335 e. The third-order valence-corrected chi connectivity index (χ3v) is 3.50. The maximum atomic E-state index is 13.3. The van der Waals surface area contributed by atoms with Crippen LogP contribution >= 0.6 is 15.9 Å². The predicted octanol–water partition coefficient (Wildman–Crippen LogP) is 2.50. The average Bonchev–Trinajstić information content (AvgIpc) is 2.37. The number of hydrogen-bond acceptors (Lipinski definition) is 2. The summed E-state index contributed by atoms with van der Waals surface area (Å²) >= 11 is 3.12. The lowest BCUT2D eigenvalue weighted by Gasteiger charge is -2.08. The number of halogens is 2. The summed E-state index contributed by atoms with van der Waals surface area (Å²) in [5.41, 5.74) is 0.0841. The quantitative estimate of drug-likeness (QED) is 0.943. The number of rotatable bonds is 3. The maximum Gasteiger partial charge on any atom is 0.335 e. The Kier molecular flexibility index (Phi) is 3.80. The van der Waals surface area contributed by atoms with E-state index in [1.54, 1.807) is 12.1 Å². The lowest BCUT2D eigenvalue weighted by atomic mass is 10.2. The lowest BCUT2D eigenvalue weighted by molar-refractivity contribution is 0.0696. The minimum absolute atomic E-state index is 0.0699. The molecule has 4 nitrogen and oxygen atoms in total. The summed E-state index contributed by atoms with van der Waals surface area (Å²) in [5, 5.41) is 8.77. The molecule has 1 aromatic heterocycles. The minimum atomic E-state index is -1.16. The summed E-state index contributed by atoms with van der Waals surface area (Å²) in [4.78, 5) is 22.5. The molecule has 1 heterocycles. The van der Waals surface area contributed by atoms with E-state index in [0.717, 1.165) is 6.07 Å². The molecule has 2 aromatic rings. The van der Waals surface area contributed by atoms with Gasteiger partial charge in [-0.1, -0.05) is 12.1 Å². The van der Waals surface area contributed by atoms with Crippen LogP contribution in [0.25, 0.3) is 0 Å². The summed E-state index contributed by atoms with van der Waals surface area (Å²) in [6.45, 7) is 0.164. The van der Waals surface area contributed by atoms with E-state index < -0.39 is 17.3 Å². The number of aromatic carboxylic acids is 1. The van der Waals surface area contributed by atoms with Gasteiger partial charge >= 0.3 is 5.97 Å². The number of nitrogens with zero attached hydrogens (tertiary/aromatic N) is 1. The van der Waals surface area contributed by atoms with Gasteiger partial charge in [0.05, 0.1) is 16.6 Å². The van der Waals surface area contributed by atoms with Gasteiger partial charge in [0, 0.05) is 12.3 Å². The van der Waals surface area contributed by atoms with Gasteiger partial charge in [-0.2, -0.15) is 0 Å². The van der Waals surface area contributed by atoms with Gasteiger partial charge in [-0.25, -0.2) is 9.18 Å². The van der Waals surface area contributed by atoms with Gasteiger partial charge in [0.15, 0.2) is 0 Å². The molecule has 0 saturated carbocycles. The highest BCUT2D eigenvalue weighted by Gasteiger charge is 2.08. The van der Waals surface area contributed by atoms with E-state index in [1.165, 1.54) is 22.9 Å². The van der Waals surface area contributed by atoms with E-state index >= 15 is 0 Å². The fourth-order valence-corrected chi connectivity index (χ4v) is 2.02. The molecule has 1 aromatic carbocycles. The van der Waals surface area contributed by atoms with Crippen LogP contribution in [0.4, 0.5) is 4.39 Å². The normalized spacial score (nSPS) is 10.4. The van der Waals surface area contributed by atoms with Crippen molar-refractivity contribution in [3.05, 3.63) is 68.3 Å². The Hall–Kier alpha value is -1.95. The molecule has 0 spiro atoms. The standard InChI is InChI=1S/C13H9BrFNO3/c14-12-9(2-1-3-10(12)15)7-16-5-4-8(13(18)19)6-11(16)17/h1-6H,7H2,(H,18,19). The van der Waals surface area contributed by atoms with Gasteiger partial charge in [0.1, 0.15) is 5.82 Å². The van der Waals surface area contributed by atoms with Crippen LogP contribution in [0, 0.1) is 5.82 Å². The van der Waals surface area contributed by atoms with E-state index in [2.05, 4.69) is 15.9 Å². The molecule has 1 N–H and O–H groups in total. The molecule has 0 fully saturated rings. The van der Waals surface area contributed by atoms with Crippen LogP contribution in [-0.4, -0.2) is 15.6 Å². The third-order valence-electron chi connectivity index (χ3n) is 2.62. The molecule has 0 unspecified atom stereocenters. The van der Waals surface area contributed by atoms with Gasteiger partial charge in [-0.15, -0.1) is 0 Å². The zero-order valence-corrected chi connectivity index (χ0v) is 11.2. The Morgan fingerprint density at radius 1 is 1.37 bits per heavy atom. The van der Waals surface area contributed by atoms with Gasteiger partial charge in [0.2, 0.25) is 0 Å². The SMILES string of the molecule is O=C(O)c1ccn(Cc2cccc(F)c2Br)c(=O)c1. The Morgan fingerprint density at radius 3 is 2.74 bits per heavy atom. The van der Waals surface area contributed by atoms with Crippen LogP contribution in [0.5, 0.6) is 0 Å². The van der Waals surface area contributed by atoms with Crippen molar-refractivity contribution >= 4 is 21.9 Å². The number of aromatic nitrogens is 1. The molecule has 0 aliphatic heterocycles. The van der Waals surface area contributed by atoms with Gasteiger partial charge in [-0.3, -0.25) is 4.79 Å². The Labute approximate surface area is 116 Å². The predicted molar refractivity (Wildman–Crippen MR) is 70.9 cm³/mol. The maximum absolute atomic E-state index is 13.3. The summed E-state index contributed by atoms with van der Waals surface area (Å²) in [5.74, 6) is -1.57. The first-order valence-electron chi connectivity index (χ1n) is 5.35. The molecule has 0 aliphatic rings. The van der Waals surface area contributed by atoms with Crippen molar-refractivity contribution in [2.24, 2.45) is 0 Å². The molecule has 0 bridgehead atoms. The van der Waals surface area contributed by atoms with Crippen LogP contribution < -0.4 is 5.56 Å². The number of carboxylic acid groups (broad SMARTS) is 1. The number of hydrogen-bond donors (Lipinski definition) is 1. The van der Waals surface area contributed by atoms with Crippen LogP contribution in [0.2, 0.25) is 0 Å². The first-order chi connectivity index (χ1) is 8.99. The molecule has 0 saturated heterocycles. The fourth-order valence-electron chi connectivity index (χ4n) is 1.63. The second kappa shape index (κ2) is 5.36. The molecule has 0 atom stereocenters. The van der Waals surface area contributed by atoms with Crippen molar-refractivity contribution in [2.75, 3.05) is 0 Å². The number of pyridine rings is 1. The molecule has 98 valence electrons. The van der Waals surface area contributed by atoms with E-state index in [0.29, 0.717) is 10.0 Å². The average molecular weight is 326 g/mol. The summed E-state index contributed by atoms with van der Waals surface area (Å²) in [6.07, 6.45) is 1.38. The monoisotopic (exact) mass is 325 g/mol. The molecule has 0 radical (unpaired) electrons. The first kappa shape index (κ1) is 13.5. The molecule has 0 aliphatic carbocycles. The van der Waals surface area contributed by atoms with E-state index in [1.807, 2.05) is 0 Å². The Balaban J connectivity index is 2.37. The van der Waals surface area contributed by atoms with Gasteiger partial charge < -0.3 is 9.67 Å². The largest absolute Gasteiger partial charge is 0.478 e. The second-order valence-corrected chi connectivity index (χ2v) is 4.69. The topological polar surface area (TPSA) is 59.3 Å². The highest BCUT2D eigenvalue weighted by atomic mass is 79.9. The van der Waals surface area contributed by atoms with E-state index in [4.69, 9.17) is 5.11 Å². The molecule has 6 heteroatoms. The number of carbonyl (C=O) groups is 1. The van der Waals surface area contributed by atoms with Crippen LogP contribution in [0.3, 0.4) is 0 Å². The Morgan fingerprint density at radius 2 is 2.11 bits per heavy atom. The van der Waals surface area contributed by atoms with Gasteiger partial charge in [0.25, 0.3) is 5.56 Å². The van der Waals surface area contributed by atoms with Gasteiger partial charge in [-0.05, 0) is 33.6 Å². The zero-order chi connectivity index (χ0) is 14.0. The molecular formula is C13H9BrFNO3. The van der Waals surface area contributed by atoms with E-state index in [-0.39, 0.29) is 12.1 Å². The fraction of sp³-hybridized carbons (Fsp3) is 0.0769. The highest BCUT2D eigenvalue weighted by Crippen LogP contribution is 2.20. The molecular weight excluding hydrogens is 317 g/mol. The van der Waals surface area contributed by atoms with Crippen LogP contribution in [-0.2, 0) is 6.54 Å². The van der Waals surface area contributed by atoms with Crippen molar-refractivity contribution in [1.82, 2.24) is 4.57 Å². The Bertz CT molecular complexity index is 697. The van der Waals surface area contributed by atoms with Crippen LogP contribution in [0.15, 0.2) is 45.8 Å². The molecule has 19 heavy (non-hydrogen) atoms. The summed E-state index contributed by atoms with van der Waals surface area (Å²) in [7, 11) is 0. The van der Waals surface area contributed by atoms with Crippen molar-refractivity contribution in [3.63, 3.8) is 0 Å². The second-order valence-electron chi connectivity index (χ2n) is 3.90. The van der Waals surface area contributed by atoms with Crippen molar-refractivity contribution in [2.45, 2.75) is 6.54 Å². The van der Waals surface area contributed by atoms with Crippen molar-refractivity contribution in [1.29, 1.82) is 0 Å². The minimum Gasteiger partial charge on any atom is -0.478 e. The summed E-state index contributed by atoms with van der Waals surface area (Å²) in [6, 6.07) is 6.91. The number of carboxylic acids is 1. The zero-order valence-electron chi connectivity index (χ0n) is 9.64. The van der Waals surface area contributed by atoms with E-state index in [9.17, 15) is 14.0 Å².